The van der Waals surface area contributed by atoms with E-state index in [2.05, 4.69) is 10.6 Å². The summed E-state index contributed by atoms with van der Waals surface area (Å²) >= 11 is 5.98. The lowest BCUT2D eigenvalue weighted by Gasteiger charge is -2.32. The number of halogens is 1. The summed E-state index contributed by atoms with van der Waals surface area (Å²) in [5.74, 6) is -0.326. The minimum absolute atomic E-state index is 0.0682. The third kappa shape index (κ3) is 5.07. The second-order valence-electron chi connectivity index (χ2n) is 5.55. The third-order valence-electron chi connectivity index (χ3n) is 3.65. The van der Waals surface area contributed by atoms with Gasteiger partial charge in [-0.05, 0) is 7.05 Å². The van der Waals surface area contributed by atoms with Crippen LogP contribution in [0.15, 0.2) is 0 Å². The minimum atomic E-state index is -3.13. The van der Waals surface area contributed by atoms with Crippen molar-refractivity contribution in [3.63, 3.8) is 0 Å². The Morgan fingerprint density at radius 2 is 2.19 bits per heavy atom. The van der Waals surface area contributed by atoms with E-state index in [9.17, 15) is 13.2 Å². The predicted octanol–water partition coefficient (Wildman–Crippen LogP) is -1.57. The summed E-state index contributed by atoms with van der Waals surface area (Å²) in [5.41, 5.74) is 0. The second-order valence-corrected chi connectivity index (χ2v) is 8.27. The number of likely N-dealkylation sites (N-methyl/N-ethyl adjacent to an activating group) is 1. The fourth-order valence-electron chi connectivity index (χ4n) is 2.67. The number of hydrogen-bond donors (Lipinski definition) is 2. The molecule has 21 heavy (non-hydrogen) atoms. The molecule has 2 heterocycles. The molecule has 122 valence electrons. The second kappa shape index (κ2) is 7.23. The first-order valence-electron chi connectivity index (χ1n) is 7.02. The number of carbonyl (C=O) groups excluding carboxylic acids is 1. The summed E-state index contributed by atoms with van der Waals surface area (Å²) in [6.07, 6.45) is 0.0733. The average molecular weight is 340 g/mol. The number of morpholine rings is 1. The topological polar surface area (TPSA) is 87.7 Å². The zero-order valence-electron chi connectivity index (χ0n) is 12.0. The number of nitrogens with zero attached hydrogens (tertiary/aromatic N) is 1. The van der Waals surface area contributed by atoms with Crippen molar-refractivity contribution in [1.82, 2.24) is 15.5 Å². The Labute approximate surface area is 130 Å². The van der Waals surface area contributed by atoms with Gasteiger partial charge in [-0.2, -0.15) is 0 Å². The van der Waals surface area contributed by atoms with Gasteiger partial charge in [-0.3, -0.25) is 9.69 Å². The van der Waals surface area contributed by atoms with Crippen molar-refractivity contribution in [3.8, 4) is 0 Å². The van der Waals surface area contributed by atoms with E-state index in [0.29, 0.717) is 19.7 Å². The Morgan fingerprint density at radius 1 is 1.43 bits per heavy atom. The van der Waals surface area contributed by atoms with Crippen LogP contribution in [0, 0.1) is 0 Å². The van der Waals surface area contributed by atoms with Crippen molar-refractivity contribution in [2.45, 2.75) is 17.5 Å². The Balaban J connectivity index is 1.79. The molecule has 0 radical (unpaired) electrons. The van der Waals surface area contributed by atoms with Gasteiger partial charge in [0.15, 0.2) is 9.84 Å². The van der Waals surface area contributed by atoms with Crippen LogP contribution < -0.4 is 10.6 Å². The molecular formula is C12H22ClN3O4S. The van der Waals surface area contributed by atoms with Gasteiger partial charge in [0, 0.05) is 19.6 Å². The van der Waals surface area contributed by atoms with E-state index in [-0.39, 0.29) is 30.1 Å². The normalized spacial score (nSPS) is 33.0. The van der Waals surface area contributed by atoms with Gasteiger partial charge in [0.05, 0.1) is 42.2 Å². The van der Waals surface area contributed by atoms with E-state index in [4.69, 9.17) is 16.3 Å². The predicted molar refractivity (Wildman–Crippen MR) is 80.3 cm³/mol. The van der Waals surface area contributed by atoms with E-state index in [0.717, 1.165) is 6.54 Å². The number of sulfone groups is 1. The Hall–Kier alpha value is -0.410. The molecule has 0 aromatic rings. The molecule has 0 saturated carbocycles. The number of hydrogen-bond acceptors (Lipinski definition) is 6. The van der Waals surface area contributed by atoms with E-state index < -0.39 is 21.3 Å². The molecule has 2 aliphatic rings. The van der Waals surface area contributed by atoms with Crippen LogP contribution in [0.4, 0.5) is 0 Å². The maximum atomic E-state index is 12.0. The number of rotatable bonds is 5. The molecule has 2 fully saturated rings. The average Bonchev–Trinajstić information content (AvgIpc) is 2.62. The Morgan fingerprint density at radius 3 is 2.81 bits per heavy atom. The fraction of sp³-hybridized carbons (Fsp3) is 0.917. The molecule has 0 aromatic carbocycles. The number of amides is 1. The van der Waals surface area contributed by atoms with Crippen LogP contribution in [0.1, 0.15) is 0 Å². The van der Waals surface area contributed by atoms with E-state index in [1.165, 1.54) is 0 Å². The summed E-state index contributed by atoms with van der Waals surface area (Å²) in [7, 11) is -1.27. The molecule has 7 nitrogen and oxygen atoms in total. The van der Waals surface area contributed by atoms with Crippen molar-refractivity contribution >= 4 is 27.3 Å². The first kappa shape index (κ1) is 17.0. The molecule has 0 aliphatic carbocycles. The van der Waals surface area contributed by atoms with Crippen LogP contribution >= 0.6 is 11.6 Å². The zero-order chi connectivity index (χ0) is 15.5. The molecule has 0 bridgehead atoms. The SMILES string of the molecule is CNCC1CN(CC(=O)NC2CS(=O)(=O)CC2Cl)CCO1. The minimum Gasteiger partial charge on any atom is -0.374 e. The Kier molecular flexibility index (Phi) is 5.84. The van der Waals surface area contributed by atoms with Gasteiger partial charge in [0.1, 0.15) is 0 Å². The maximum absolute atomic E-state index is 12.0. The van der Waals surface area contributed by atoms with Crippen LogP contribution in [-0.4, -0.2) is 88.1 Å². The smallest absolute Gasteiger partial charge is 0.234 e. The molecule has 0 spiro atoms. The largest absolute Gasteiger partial charge is 0.374 e. The molecule has 9 heteroatoms. The lowest BCUT2D eigenvalue weighted by molar-refractivity contribution is -0.124. The summed E-state index contributed by atoms with van der Waals surface area (Å²) in [4.78, 5) is 14.0. The van der Waals surface area contributed by atoms with Gasteiger partial charge in [-0.1, -0.05) is 0 Å². The highest BCUT2D eigenvalue weighted by Crippen LogP contribution is 2.18. The van der Waals surface area contributed by atoms with Gasteiger partial charge >= 0.3 is 0 Å². The van der Waals surface area contributed by atoms with Gasteiger partial charge in [0.25, 0.3) is 0 Å². The van der Waals surface area contributed by atoms with Gasteiger partial charge < -0.3 is 15.4 Å². The zero-order valence-corrected chi connectivity index (χ0v) is 13.6. The van der Waals surface area contributed by atoms with Gasteiger partial charge in [0.2, 0.25) is 5.91 Å². The molecule has 0 aromatic heterocycles. The van der Waals surface area contributed by atoms with Crippen molar-refractivity contribution < 1.29 is 17.9 Å². The van der Waals surface area contributed by atoms with E-state index >= 15 is 0 Å². The van der Waals surface area contributed by atoms with Crippen LogP contribution in [0.2, 0.25) is 0 Å². The maximum Gasteiger partial charge on any atom is 0.234 e. The highest BCUT2D eigenvalue weighted by atomic mass is 35.5. The molecule has 2 N–H and O–H groups in total. The lowest BCUT2D eigenvalue weighted by atomic mass is 10.2. The third-order valence-corrected chi connectivity index (χ3v) is 6.03. The molecular weight excluding hydrogens is 318 g/mol. The van der Waals surface area contributed by atoms with Crippen LogP contribution in [0.25, 0.3) is 0 Å². The standard InChI is InChI=1S/C12H22ClN3O4S/c1-14-4-9-5-16(2-3-20-9)6-12(17)15-11-8-21(18,19)7-10(11)13/h9-11,14H,2-8H2,1H3,(H,15,17). The Bertz CT molecular complexity index is 471. The monoisotopic (exact) mass is 339 g/mol. The first-order chi connectivity index (χ1) is 9.89. The van der Waals surface area contributed by atoms with E-state index in [1.807, 2.05) is 11.9 Å². The quantitative estimate of drug-likeness (QED) is 0.588. The first-order valence-corrected chi connectivity index (χ1v) is 9.28. The molecule has 2 saturated heterocycles. The number of nitrogens with one attached hydrogen (secondary N) is 2. The van der Waals surface area contributed by atoms with E-state index in [1.54, 1.807) is 0 Å². The summed E-state index contributed by atoms with van der Waals surface area (Å²) in [6.45, 7) is 2.95. The van der Waals surface area contributed by atoms with Gasteiger partial charge in [-0.15, -0.1) is 11.6 Å². The van der Waals surface area contributed by atoms with Crippen LogP contribution in [0.5, 0.6) is 0 Å². The fourth-order valence-corrected chi connectivity index (χ4v) is 5.22. The molecule has 3 atom stereocenters. The number of alkyl halides is 1. The molecule has 2 aliphatic heterocycles. The van der Waals surface area contributed by atoms with Crippen LogP contribution in [0.3, 0.4) is 0 Å². The molecule has 2 rings (SSSR count). The van der Waals surface area contributed by atoms with Crippen molar-refractivity contribution in [2.75, 3.05) is 51.3 Å². The van der Waals surface area contributed by atoms with Gasteiger partial charge in [-0.25, -0.2) is 8.42 Å². The molecule has 1 amide bonds. The molecule has 3 unspecified atom stereocenters. The number of ether oxygens (including phenoxy) is 1. The summed E-state index contributed by atoms with van der Waals surface area (Å²) in [6, 6.07) is -0.488. The highest BCUT2D eigenvalue weighted by Gasteiger charge is 2.37. The van der Waals surface area contributed by atoms with Crippen molar-refractivity contribution in [2.24, 2.45) is 0 Å². The highest BCUT2D eigenvalue weighted by molar-refractivity contribution is 7.91. The number of carbonyl (C=O) groups is 1. The summed E-state index contributed by atoms with van der Waals surface area (Å²) in [5, 5.41) is 5.24. The lowest BCUT2D eigenvalue weighted by Crippen LogP contribution is -2.51. The van der Waals surface area contributed by atoms with Crippen molar-refractivity contribution in [3.05, 3.63) is 0 Å². The van der Waals surface area contributed by atoms with Crippen LogP contribution in [-0.2, 0) is 19.4 Å². The summed E-state index contributed by atoms with van der Waals surface area (Å²) < 4.78 is 28.5. The van der Waals surface area contributed by atoms with Crippen molar-refractivity contribution in [1.29, 1.82) is 0 Å².